The number of hydrogen-bond donors (Lipinski definition) is 3. The van der Waals surface area contributed by atoms with E-state index >= 15 is 0 Å². The standard InChI is InChI=1S/C31H45NO5/c1-5-21(3)31(36)37-28-16-20(2)15-24-12-11-22(4)27(30(24)28)14-13-25(33)17-26(34)18-29(35)32-19-23-9-7-6-8-10-23/h6-12,15,20-22,25-28,30,33-34H,5,13-14,16-19H2,1-4H3,(H,32,35)/t20-,21-,22-,25+,26+,27-,28-,30-/m0/s1. The van der Waals surface area contributed by atoms with Crippen LogP contribution in [0.3, 0.4) is 0 Å². The van der Waals surface area contributed by atoms with Gasteiger partial charge in [0.05, 0.1) is 24.5 Å². The Labute approximate surface area is 222 Å². The van der Waals surface area contributed by atoms with Crippen molar-refractivity contribution in [3.05, 3.63) is 59.7 Å². The molecule has 1 amide bonds. The summed E-state index contributed by atoms with van der Waals surface area (Å²) in [6.07, 6.45) is 7.91. The number of fused-ring (bicyclic) bond motifs is 1. The molecule has 0 saturated carbocycles. The van der Waals surface area contributed by atoms with Crippen molar-refractivity contribution >= 4 is 11.9 Å². The maximum Gasteiger partial charge on any atom is 0.308 e. The highest BCUT2D eigenvalue weighted by atomic mass is 16.5. The molecule has 0 spiro atoms. The van der Waals surface area contributed by atoms with E-state index in [9.17, 15) is 19.8 Å². The molecule has 0 radical (unpaired) electrons. The van der Waals surface area contributed by atoms with Gasteiger partial charge in [-0.15, -0.1) is 0 Å². The van der Waals surface area contributed by atoms with Crippen molar-refractivity contribution in [2.24, 2.45) is 29.6 Å². The summed E-state index contributed by atoms with van der Waals surface area (Å²) in [4.78, 5) is 24.9. The molecule has 3 N–H and O–H groups in total. The number of carbonyl (C=O) groups excluding carboxylic acids is 2. The van der Waals surface area contributed by atoms with Crippen LogP contribution in [0.5, 0.6) is 0 Å². The first-order valence-corrected chi connectivity index (χ1v) is 13.9. The van der Waals surface area contributed by atoms with Crippen LogP contribution in [0.25, 0.3) is 0 Å². The van der Waals surface area contributed by atoms with Crippen LogP contribution in [0.2, 0.25) is 0 Å². The Balaban J connectivity index is 1.53. The van der Waals surface area contributed by atoms with Crippen LogP contribution in [-0.2, 0) is 20.9 Å². The molecule has 0 bridgehead atoms. The number of aliphatic hydroxyl groups excluding tert-OH is 2. The average molecular weight is 512 g/mol. The molecule has 6 heteroatoms. The van der Waals surface area contributed by atoms with Gasteiger partial charge in [-0.3, -0.25) is 9.59 Å². The van der Waals surface area contributed by atoms with E-state index < -0.39 is 12.2 Å². The van der Waals surface area contributed by atoms with Crippen LogP contribution in [0.1, 0.15) is 71.8 Å². The van der Waals surface area contributed by atoms with Crippen molar-refractivity contribution in [2.75, 3.05) is 0 Å². The first kappa shape index (κ1) is 29.1. The van der Waals surface area contributed by atoms with Crippen LogP contribution in [0.4, 0.5) is 0 Å². The second-order valence-corrected chi connectivity index (χ2v) is 11.2. The van der Waals surface area contributed by atoms with E-state index in [1.54, 1.807) is 0 Å². The van der Waals surface area contributed by atoms with E-state index in [-0.39, 0.29) is 48.6 Å². The molecular weight excluding hydrogens is 466 g/mol. The number of benzene rings is 1. The Bertz CT molecular complexity index is 942. The highest BCUT2D eigenvalue weighted by Crippen LogP contribution is 2.45. The second kappa shape index (κ2) is 13.9. The molecule has 1 aromatic carbocycles. The van der Waals surface area contributed by atoms with Crippen LogP contribution >= 0.6 is 0 Å². The third kappa shape index (κ3) is 8.54. The highest BCUT2D eigenvalue weighted by molar-refractivity contribution is 5.76. The fourth-order valence-corrected chi connectivity index (χ4v) is 5.64. The van der Waals surface area contributed by atoms with Crippen LogP contribution in [0.15, 0.2) is 54.1 Å². The number of carbonyl (C=O) groups is 2. The van der Waals surface area contributed by atoms with Gasteiger partial charge in [0.1, 0.15) is 6.10 Å². The van der Waals surface area contributed by atoms with Crippen molar-refractivity contribution < 1.29 is 24.5 Å². The van der Waals surface area contributed by atoms with Crippen LogP contribution in [0, 0.1) is 29.6 Å². The molecular formula is C31H45NO5. The Morgan fingerprint density at radius 2 is 1.86 bits per heavy atom. The summed E-state index contributed by atoms with van der Waals surface area (Å²) in [6.45, 7) is 8.67. The van der Waals surface area contributed by atoms with Gasteiger partial charge < -0.3 is 20.3 Å². The zero-order valence-corrected chi connectivity index (χ0v) is 22.8. The van der Waals surface area contributed by atoms with Crippen LogP contribution in [-0.4, -0.2) is 40.4 Å². The molecule has 8 atom stereocenters. The van der Waals surface area contributed by atoms with Crippen molar-refractivity contribution in [3.63, 3.8) is 0 Å². The zero-order valence-electron chi connectivity index (χ0n) is 22.8. The Kier molecular flexibility index (Phi) is 11.0. The number of amides is 1. The van der Waals surface area contributed by atoms with Gasteiger partial charge in [0.2, 0.25) is 5.91 Å². The lowest BCUT2D eigenvalue weighted by molar-refractivity contribution is -0.158. The summed E-state index contributed by atoms with van der Waals surface area (Å²) in [7, 11) is 0. The molecule has 0 aromatic heterocycles. The monoisotopic (exact) mass is 511 g/mol. The lowest BCUT2D eigenvalue weighted by Gasteiger charge is -2.43. The summed E-state index contributed by atoms with van der Waals surface area (Å²) in [5.74, 6) is 0.509. The average Bonchev–Trinajstić information content (AvgIpc) is 2.86. The lowest BCUT2D eigenvalue weighted by Crippen LogP contribution is -2.41. The number of esters is 1. The smallest absolute Gasteiger partial charge is 0.308 e. The minimum atomic E-state index is -0.898. The van der Waals surface area contributed by atoms with Crippen LogP contribution < -0.4 is 5.32 Å². The van der Waals surface area contributed by atoms with Gasteiger partial charge in [-0.25, -0.2) is 0 Å². The van der Waals surface area contributed by atoms with Gasteiger partial charge in [-0.2, -0.15) is 0 Å². The molecule has 0 unspecified atom stereocenters. The Morgan fingerprint density at radius 3 is 2.57 bits per heavy atom. The third-order valence-corrected chi connectivity index (χ3v) is 8.01. The number of allylic oxidation sites excluding steroid dienone is 3. The quantitative estimate of drug-likeness (QED) is 0.345. The van der Waals surface area contributed by atoms with Crippen molar-refractivity contribution in [1.82, 2.24) is 5.32 Å². The van der Waals surface area contributed by atoms with E-state index in [1.807, 2.05) is 44.2 Å². The minimum Gasteiger partial charge on any atom is -0.461 e. The van der Waals surface area contributed by atoms with E-state index in [0.717, 1.165) is 24.8 Å². The molecule has 0 heterocycles. The van der Waals surface area contributed by atoms with Gasteiger partial charge in [0.25, 0.3) is 0 Å². The molecule has 0 saturated heterocycles. The minimum absolute atomic E-state index is 0.0342. The third-order valence-electron chi connectivity index (χ3n) is 8.01. The normalized spacial score (nSPS) is 27.4. The molecule has 2 aliphatic carbocycles. The molecule has 2 aliphatic rings. The Morgan fingerprint density at radius 1 is 1.14 bits per heavy atom. The molecule has 0 aliphatic heterocycles. The number of aliphatic hydroxyl groups is 2. The maximum absolute atomic E-state index is 12.7. The number of rotatable bonds is 12. The molecule has 37 heavy (non-hydrogen) atoms. The second-order valence-electron chi connectivity index (χ2n) is 11.2. The van der Waals surface area contributed by atoms with Gasteiger partial charge >= 0.3 is 5.97 Å². The summed E-state index contributed by atoms with van der Waals surface area (Å²) in [6, 6.07) is 9.63. The van der Waals surface area contributed by atoms with E-state index in [1.165, 1.54) is 5.57 Å². The highest BCUT2D eigenvalue weighted by Gasteiger charge is 2.41. The summed E-state index contributed by atoms with van der Waals surface area (Å²) in [5, 5.41) is 23.9. The van der Waals surface area contributed by atoms with Gasteiger partial charge in [0.15, 0.2) is 0 Å². The van der Waals surface area contributed by atoms with Gasteiger partial charge in [-0.05, 0) is 61.0 Å². The number of ether oxygens (including phenoxy) is 1. The molecule has 1 aromatic rings. The molecule has 3 rings (SSSR count). The zero-order chi connectivity index (χ0) is 26.9. The first-order valence-electron chi connectivity index (χ1n) is 13.9. The Hall–Kier alpha value is -2.44. The lowest BCUT2D eigenvalue weighted by atomic mass is 9.65. The van der Waals surface area contributed by atoms with Crippen molar-refractivity contribution in [1.29, 1.82) is 0 Å². The largest absolute Gasteiger partial charge is 0.461 e. The van der Waals surface area contributed by atoms with E-state index in [2.05, 4.69) is 37.4 Å². The molecule has 6 nitrogen and oxygen atoms in total. The first-order chi connectivity index (χ1) is 17.7. The summed E-state index contributed by atoms with van der Waals surface area (Å²) < 4.78 is 6.07. The summed E-state index contributed by atoms with van der Waals surface area (Å²) in [5.41, 5.74) is 2.23. The van der Waals surface area contributed by atoms with E-state index in [4.69, 9.17) is 4.74 Å². The SMILES string of the molecule is CC[C@H](C)C(=O)O[C@H]1C[C@@H](C)C=C2C=C[C@H](C)[C@H](CC[C@@H](O)C[C@@H](O)CC(=O)NCc3ccccc3)[C@H]21. The van der Waals surface area contributed by atoms with Gasteiger partial charge in [-0.1, -0.05) is 76.3 Å². The molecule has 204 valence electrons. The number of hydrogen-bond acceptors (Lipinski definition) is 5. The maximum atomic E-state index is 12.7. The van der Waals surface area contributed by atoms with E-state index in [0.29, 0.717) is 24.8 Å². The summed E-state index contributed by atoms with van der Waals surface area (Å²) >= 11 is 0. The topological polar surface area (TPSA) is 95.9 Å². The van der Waals surface area contributed by atoms with Crippen molar-refractivity contribution in [2.45, 2.75) is 91.1 Å². The van der Waals surface area contributed by atoms with Crippen molar-refractivity contribution in [3.8, 4) is 0 Å². The number of nitrogens with one attached hydrogen (secondary N) is 1. The fraction of sp³-hybridized carbons (Fsp3) is 0.613. The predicted octanol–water partition coefficient (Wildman–Crippen LogP) is 4.95. The fourth-order valence-electron chi connectivity index (χ4n) is 5.64. The predicted molar refractivity (Wildman–Crippen MR) is 145 cm³/mol. The van der Waals surface area contributed by atoms with Gasteiger partial charge in [0, 0.05) is 12.5 Å². The molecule has 0 fully saturated rings.